The van der Waals surface area contributed by atoms with Crippen molar-refractivity contribution in [2.45, 2.75) is 25.3 Å². The molecule has 0 spiro atoms. The van der Waals surface area contributed by atoms with E-state index in [1.165, 1.54) is 12.1 Å². The van der Waals surface area contributed by atoms with Gasteiger partial charge in [0.05, 0.1) is 0 Å². The molecule has 0 radical (unpaired) electrons. The molecule has 0 aliphatic carbocycles. The Morgan fingerprint density at radius 1 is 1.08 bits per heavy atom. The van der Waals surface area contributed by atoms with Crippen LogP contribution in [0.15, 0.2) is 47.3 Å². The molecule has 0 saturated carbocycles. The summed E-state index contributed by atoms with van der Waals surface area (Å²) in [4.78, 5) is 26.7. The second kappa shape index (κ2) is 7.72. The average molecular weight is 377 g/mol. The van der Waals surface area contributed by atoms with Crippen LogP contribution in [0.2, 0.25) is 0 Å². The molecule has 3 heterocycles. The zero-order chi connectivity index (χ0) is 17.4. The fraction of sp³-hybridized carbons (Fsp3) is 0.400. The number of hydrogen-bond donors (Lipinski definition) is 0. The van der Waals surface area contributed by atoms with Gasteiger partial charge in [-0.3, -0.25) is 9.59 Å². The van der Waals surface area contributed by atoms with Gasteiger partial charge in [-0.15, -0.1) is 12.4 Å². The van der Waals surface area contributed by atoms with Crippen molar-refractivity contribution in [3.8, 4) is 0 Å². The number of ketones is 1. The first kappa shape index (κ1) is 18.8. The van der Waals surface area contributed by atoms with Gasteiger partial charge < -0.3 is 9.47 Å². The van der Waals surface area contributed by atoms with Gasteiger partial charge in [-0.1, -0.05) is 6.07 Å². The standard InChI is InChI=1S/C20H21FN2O2.ClH/c21-17-6-4-15(5-7-17)19(24)8-9-22-11-14-10-16(13-22)18-2-1-3-20(25)23(18)12-14;/h1-7,14,16H,8-13H2;1H/t14-,16+;/m0./s1. The van der Waals surface area contributed by atoms with Gasteiger partial charge in [0.25, 0.3) is 5.56 Å². The topological polar surface area (TPSA) is 42.3 Å². The molecule has 0 unspecified atom stereocenters. The first-order valence-electron chi connectivity index (χ1n) is 8.81. The number of pyridine rings is 1. The first-order chi connectivity index (χ1) is 12.1. The minimum absolute atomic E-state index is 0. The number of fused-ring (bicyclic) bond motifs is 4. The minimum Gasteiger partial charge on any atom is -0.312 e. The molecule has 2 aliphatic rings. The lowest BCUT2D eigenvalue weighted by atomic mass is 9.83. The first-order valence-corrected chi connectivity index (χ1v) is 8.81. The molecule has 2 aromatic rings. The molecule has 1 aromatic heterocycles. The number of rotatable bonds is 4. The molecule has 138 valence electrons. The van der Waals surface area contributed by atoms with E-state index in [0.717, 1.165) is 31.7 Å². The maximum atomic E-state index is 13.0. The Morgan fingerprint density at radius 2 is 1.85 bits per heavy atom. The lowest BCUT2D eigenvalue weighted by Crippen LogP contribution is -2.47. The van der Waals surface area contributed by atoms with E-state index in [1.807, 2.05) is 10.6 Å². The van der Waals surface area contributed by atoms with Crippen LogP contribution in [0.4, 0.5) is 4.39 Å². The van der Waals surface area contributed by atoms with Gasteiger partial charge >= 0.3 is 0 Å². The molecule has 1 saturated heterocycles. The Labute approximate surface area is 158 Å². The summed E-state index contributed by atoms with van der Waals surface area (Å²) >= 11 is 0. The van der Waals surface area contributed by atoms with Gasteiger partial charge in [0.15, 0.2) is 5.78 Å². The fourth-order valence-corrected chi connectivity index (χ4v) is 4.22. The summed E-state index contributed by atoms with van der Waals surface area (Å²) in [5, 5.41) is 0. The van der Waals surface area contributed by atoms with Crippen LogP contribution in [0.3, 0.4) is 0 Å². The van der Waals surface area contributed by atoms with E-state index in [-0.39, 0.29) is 29.6 Å². The molecule has 26 heavy (non-hydrogen) atoms. The third-order valence-electron chi connectivity index (χ3n) is 5.38. The third-order valence-corrected chi connectivity index (χ3v) is 5.38. The maximum Gasteiger partial charge on any atom is 0.250 e. The number of Topliss-reactive ketones (excluding diaryl/α,β-unsaturated/α-hetero) is 1. The molecule has 2 bridgehead atoms. The van der Waals surface area contributed by atoms with Crippen molar-refractivity contribution in [1.29, 1.82) is 0 Å². The van der Waals surface area contributed by atoms with E-state index < -0.39 is 0 Å². The SMILES string of the molecule is Cl.O=C(CCN1C[C@@H]2C[C@H](C1)c1cccc(=O)n1C2)c1ccc(F)cc1. The lowest BCUT2D eigenvalue weighted by Gasteiger charge is -2.42. The highest BCUT2D eigenvalue weighted by atomic mass is 35.5. The minimum atomic E-state index is -0.325. The highest BCUT2D eigenvalue weighted by Gasteiger charge is 2.34. The Hall–Kier alpha value is -1.98. The van der Waals surface area contributed by atoms with E-state index in [2.05, 4.69) is 11.0 Å². The van der Waals surface area contributed by atoms with Crippen molar-refractivity contribution in [3.05, 3.63) is 69.9 Å². The molecular weight excluding hydrogens is 355 g/mol. The normalized spacial score (nSPS) is 21.6. The molecule has 0 amide bonds. The molecule has 2 aliphatic heterocycles. The second-order valence-corrected chi connectivity index (χ2v) is 7.14. The van der Waals surface area contributed by atoms with Gasteiger partial charge in [0.1, 0.15) is 5.82 Å². The Balaban J connectivity index is 0.00000196. The Kier molecular flexibility index (Phi) is 5.58. The third kappa shape index (κ3) is 3.74. The van der Waals surface area contributed by atoms with Crippen LogP contribution in [-0.2, 0) is 6.54 Å². The van der Waals surface area contributed by atoms with Gasteiger partial charge in [-0.2, -0.15) is 0 Å². The fourth-order valence-electron chi connectivity index (χ4n) is 4.22. The molecular formula is C20H22ClFN2O2. The highest BCUT2D eigenvalue weighted by molar-refractivity contribution is 5.96. The summed E-state index contributed by atoms with van der Waals surface area (Å²) in [6.45, 7) is 3.29. The largest absolute Gasteiger partial charge is 0.312 e. The van der Waals surface area contributed by atoms with Crippen molar-refractivity contribution >= 4 is 18.2 Å². The number of carbonyl (C=O) groups is 1. The molecule has 1 fully saturated rings. The molecule has 0 N–H and O–H groups in total. The van der Waals surface area contributed by atoms with Crippen LogP contribution >= 0.6 is 12.4 Å². The van der Waals surface area contributed by atoms with Crippen LogP contribution in [-0.4, -0.2) is 34.9 Å². The van der Waals surface area contributed by atoms with E-state index in [4.69, 9.17) is 0 Å². The quantitative estimate of drug-likeness (QED) is 0.770. The summed E-state index contributed by atoms with van der Waals surface area (Å²) in [6, 6.07) is 11.3. The number of aromatic nitrogens is 1. The van der Waals surface area contributed by atoms with Crippen LogP contribution in [0.25, 0.3) is 0 Å². The monoisotopic (exact) mass is 376 g/mol. The number of hydrogen-bond acceptors (Lipinski definition) is 3. The van der Waals surface area contributed by atoms with E-state index >= 15 is 0 Å². The summed E-state index contributed by atoms with van der Waals surface area (Å²) in [7, 11) is 0. The summed E-state index contributed by atoms with van der Waals surface area (Å²) < 4.78 is 14.9. The zero-order valence-electron chi connectivity index (χ0n) is 14.4. The predicted octanol–water partition coefficient (Wildman–Crippen LogP) is 3.10. The molecule has 6 heteroatoms. The zero-order valence-corrected chi connectivity index (χ0v) is 15.3. The van der Waals surface area contributed by atoms with Crippen molar-refractivity contribution in [3.63, 3.8) is 0 Å². The van der Waals surface area contributed by atoms with E-state index in [1.54, 1.807) is 18.2 Å². The lowest BCUT2D eigenvalue weighted by molar-refractivity contribution is 0.0904. The summed E-state index contributed by atoms with van der Waals surface area (Å²) in [6.07, 6.45) is 1.55. The number of likely N-dealkylation sites (tertiary alicyclic amines) is 1. The van der Waals surface area contributed by atoms with Crippen molar-refractivity contribution < 1.29 is 9.18 Å². The van der Waals surface area contributed by atoms with E-state index in [0.29, 0.717) is 30.4 Å². The van der Waals surface area contributed by atoms with Crippen LogP contribution in [0.5, 0.6) is 0 Å². The van der Waals surface area contributed by atoms with Gasteiger partial charge in [0, 0.05) is 55.8 Å². The number of piperidine rings is 1. The van der Waals surface area contributed by atoms with E-state index in [9.17, 15) is 14.0 Å². The number of nitrogens with zero attached hydrogens (tertiary/aromatic N) is 2. The van der Waals surface area contributed by atoms with Gasteiger partial charge in [-0.05, 0) is 42.7 Å². The smallest absolute Gasteiger partial charge is 0.250 e. The number of carbonyl (C=O) groups excluding carboxylic acids is 1. The van der Waals surface area contributed by atoms with Gasteiger partial charge in [0.2, 0.25) is 0 Å². The van der Waals surface area contributed by atoms with Gasteiger partial charge in [-0.25, -0.2) is 4.39 Å². The molecule has 2 atom stereocenters. The number of benzene rings is 1. The summed E-state index contributed by atoms with van der Waals surface area (Å²) in [5.74, 6) is 0.552. The average Bonchev–Trinajstić information content (AvgIpc) is 2.61. The van der Waals surface area contributed by atoms with Crippen molar-refractivity contribution in [2.24, 2.45) is 5.92 Å². The molecule has 4 rings (SSSR count). The van der Waals surface area contributed by atoms with Crippen LogP contribution in [0, 0.1) is 11.7 Å². The molecule has 4 nitrogen and oxygen atoms in total. The van der Waals surface area contributed by atoms with Crippen molar-refractivity contribution in [1.82, 2.24) is 9.47 Å². The maximum absolute atomic E-state index is 13.0. The highest BCUT2D eigenvalue weighted by Crippen LogP contribution is 2.34. The number of halogens is 2. The van der Waals surface area contributed by atoms with Crippen molar-refractivity contribution in [2.75, 3.05) is 19.6 Å². The van der Waals surface area contributed by atoms with Crippen LogP contribution < -0.4 is 5.56 Å². The summed E-state index contributed by atoms with van der Waals surface area (Å²) in [5.41, 5.74) is 1.78. The second-order valence-electron chi connectivity index (χ2n) is 7.14. The predicted molar refractivity (Wildman–Crippen MR) is 101 cm³/mol. The molecule has 1 aromatic carbocycles. The van der Waals surface area contributed by atoms with Crippen LogP contribution in [0.1, 0.15) is 34.8 Å². The Bertz CT molecular complexity index is 850. The Morgan fingerprint density at radius 3 is 2.62 bits per heavy atom.